The van der Waals surface area contributed by atoms with Crippen LogP contribution in [-0.2, 0) is 6.42 Å². The van der Waals surface area contributed by atoms with Gasteiger partial charge in [0, 0.05) is 0 Å². The Morgan fingerprint density at radius 3 is 2.12 bits per heavy atom. The van der Waals surface area contributed by atoms with Crippen LogP contribution in [0.3, 0.4) is 0 Å². The van der Waals surface area contributed by atoms with Gasteiger partial charge in [-0.2, -0.15) is 4.39 Å². The lowest BCUT2D eigenvalue weighted by Gasteiger charge is -2.23. The van der Waals surface area contributed by atoms with E-state index >= 15 is 0 Å². The monoisotopic (exact) mass is 568 g/mol. The minimum Gasteiger partial charge on any atom is -0.490 e. The van der Waals surface area contributed by atoms with Gasteiger partial charge in [-0.15, -0.1) is 0 Å². The van der Waals surface area contributed by atoms with Crippen molar-refractivity contribution in [1.29, 1.82) is 0 Å². The van der Waals surface area contributed by atoms with Gasteiger partial charge in [-0.3, -0.25) is 0 Å². The number of allylic oxidation sites excluding steroid dienone is 2. The molecule has 0 atom stereocenters. The molecular weight excluding hydrogens is 518 g/mol. The molecule has 1 aliphatic rings. The van der Waals surface area contributed by atoms with E-state index < -0.39 is 23.2 Å². The minimum atomic E-state index is -1.24. The molecule has 3 nitrogen and oxygen atoms in total. The largest absolute Gasteiger partial charge is 0.490 e. The molecule has 0 bridgehead atoms. The third kappa shape index (κ3) is 12.0. The maximum Gasteiger partial charge on any atom is 0.346 e. The van der Waals surface area contributed by atoms with Gasteiger partial charge in [0.05, 0.1) is 12.2 Å². The summed E-state index contributed by atoms with van der Waals surface area (Å²) in [6, 6.07) is 9.72. The van der Waals surface area contributed by atoms with E-state index in [4.69, 9.17) is 9.47 Å². The average molecular weight is 569 g/mol. The molecule has 1 fully saturated rings. The van der Waals surface area contributed by atoms with Crippen molar-refractivity contribution in [3.8, 4) is 11.5 Å². The summed E-state index contributed by atoms with van der Waals surface area (Å²) in [5.41, 5.74) is 0.688. The second-order valence-electron chi connectivity index (χ2n) is 11.8. The molecule has 5 heteroatoms. The van der Waals surface area contributed by atoms with E-state index in [1.54, 1.807) is 12.1 Å². The number of hydrogen-bond acceptors (Lipinski definition) is 3. The smallest absolute Gasteiger partial charge is 0.346 e. The second-order valence-corrected chi connectivity index (χ2v) is 11.8. The van der Waals surface area contributed by atoms with Crippen molar-refractivity contribution in [2.24, 2.45) is 11.8 Å². The highest BCUT2D eigenvalue weighted by Gasteiger charge is 2.21. The first-order valence-corrected chi connectivity index (χ1v) is 16.1. The van der Waals surface area contributed by atoms with E-state index in [-0.39, 0.29) is 5.75 Å². The van der Waals surface area contributed by atoms with Gasteiger partial charge >= 0.3 is 5.97 Å². The zero-order chi connectivity index (χ0) is 29.3. The Labute approximate surface area is 246 Å². The molecular formula is C36H50F2O3. The van der Waals surface area contributed by atoms with Crippen LogP contribution in [0.5, 0.6) is 11.5 Å². The number of hydrogen-bond donors (Lipinski definition) is 0. The number of carbonyl (C=O) groups excluding carboxylic acids is 1. The summed E-state index contributed by atoms with van der Waals surface area (Å²) in [6.45, 7) is 4.88. The van der Waals surface area contributed by atoms with Gasteiger partial charge in [0.25, 0.3) is 0 Å². The number of ether oxygens (including phenoxy) is 2. The number of benzene rings is 2. The van der Waals surface area contributed by atoms with Crippen LogP contribution >= 0.6 is 0 Å². The molecule has 0 aliphatic heterocycles. The molecule has 0 spiro atoms. The highest BCUT2D eigenvalue weighted by atomic mass is 19.2. The van der Waals surface area contributed by atoms with Crippen molar-refractivity contribution in [3.63, 3.8) is 0 Å². The van der Waals surface area contributed by atoms with Crippen LogP contribution in [-0.4, -0.2) is 12.6 Å². The summed E-state index contributed by atoms with van der Waals surface area (Å²) in [4.78, 5) is 12.5. The van der Waals surface area contributed by atoms with Gasteiger partial charge in [-0.1, -0.05) is 109 Å². The molecule has 1 aliphatic carbocycles. The minimum absolute atomic E-state index is 0.175. The van der Waals surface area contributed by atoms with Gasteiger partial charge in [-0.05, 0) is 73.8 Å². The van der Waals surface area contributed by atoms with E-state index in [9.17, 15) is 13.6 Å². The first-order chi connectivity index (χ1) is 20.0. The van der Waals surface area contributed by atoms with Crippen LogP contribution in [0.4, 0.5) is 8.78 Å². The SMILES string of the molecule is CCCCCCCCCCCCOc1ccc(C(=O)Oc2ccc(CC/C=C/C3CCC(C)CC3)cc2)c(F)c1F. The van der Waals surface area contributed by atoms with E-state index in [0.717, 1.165) is 43.6 Å². The molecule has 226 valence electrons. The van der Waals surface area contributed by atoms with E-state index in [2.05, 4.69) is 26.0 Å². The predicted molar refractivity (Wildman–Crippen MR) is 164 cm³/mol. The van der Waals surface area contributed by atoms with E-state index in [1.165, 1.54) is 82.8 Å². The first-order valence-electron chi connectivity index (χ1n) is 16.1. The zero-order valence-corrected chi connectivity index (χ0v) is 25.3. The number of rotatable bonds is 18. The summed E-state index contributed by atoms with van der Waals surface area (Å²) in [6.07, 6.45) is 23.6. The highest BCUT2D eigenvalue weighted by Crippen LogP contribution is 2.29. The van der Waals surface area contributed by atoms with Crippen LogP contribution in [0.25, 0.3) is 0 Å². The van der Waals surface area contributed by atoms with E-state index in [1.807, 2.05) is 12.1 Å². The predicted octanol–water partition coefficient (Wildman–Crippen LogP) is 10.8. The number of halogens is 2. The Balaban J connectivity index is 1.36. The standard InChI is InChI=1S/C36H50F2O3/c1-3-4-5-6-7-8-9-10-11-14-27-40-33-26-25-32(34(37)35(33)38)36(39)41-31-23-21-30(22-24-31)16-13-12-15-29-19-17-28(2)18-20-29/h12,15,21-26,28-29H,3-11,13-14,16-20,27H2,1-2H3/b15-12+. The van der Waals surface area contributed by atoms with Gasteiger partial charge < -0.3 is 9.47 Å². The Hall–Kier alpha value is -2.69. The van der Waals surface area contributed by atoms with Crippen molar-refractivity contribution >= 4 is 5.97 Å². The van der Waals surface area contributed by atoms with Crippen LogP contribution in [0.1, 0.15) is 126 Å². The maximum atomic E-state index is 14.7. The van der Waals surface area contributed by atoms with Crippen molar-refractivity contribution in [2.75, 3.05) is 6.61 Å². The molecule has 0 unspecified atom stereocenters. The molecule has 2 aromatic rings. The average Bonchev–Trinajstić information content (AvgIpc) is 2.98. The Bertz CT molecular complexity index is 1060. The van der Waals surface area contributed by atoms with Crippen molar-refractivity contribution in [2.45, 2.75) is 117 Å². The van der Waals surface area contributed by atoms with Crippen molar-refractivity contribution in [1.82, 2.24) is 0 Å². The molecule has 0 N–H and O–H groups in total. The summed E-state index contributed by atoms with van der Waals surface area (Å²) < 4.78 is 40.0. The number of aryl methyl sites for hydroxylation is 1. The molecule has 0 saturated heterocycles. The Morgan fingerprint density at radius 1 is 0.829 bits per heavy atom. The van der Waals surface area contributed by atoms with E-state index in [0.29, 0.717) is 18.3 Å². The fraction of sp³-hybridized carbons (Fsp3) is 0.583. The molecule has 41 heavy (non-hydrogen) atoms. The molecule has 0 amide bonds. The number of carbonyl (C=O) groups is 1. The molecule has 1 saturated carbocycles. The quantitative estimate of drug-likeness (QED) is 0.0776. The zero-order valence-electron chi connectivity index (χ0n) is 25.3. The topological polar surface area (TPSA) is 35.5 Å². The van der Waals surface area contributed by atoms with Gasteiger partial charge in [0.1, 0.15) is 5.75 Å². The summed E-state index contributed by atoms with van der Waals surface area (Å²) in [5, 5.41) is 0. The normalized spacial score (nSPS) is 17.2. The summed E-state index contributed by atoms with van der Waals surface area (Å²) >= 11 is 0. The molecule has 2 aromatic carbocycles. The number of unbranched alkanes of at least 4 members (excludes halogenated alkanes) is 9. The van der Waals surface area contributed by atoms with Crippen LogP contribution in [0.15, 0.2) is 48.6 Å². The maximum absolute atomic E-state index is 14.7. The van der Waals surface area contributed by atoms with Crippen LogP contribution < -0.4 is 9.47 Å². The lowest BCUT2D eigenvalue weighted by molar-refractivity contribution is 0.0728. The van der Waals surface area contributed by atoms with Gasteiger partial charge in [0.15, 0.2) is 11.6 Å². The molecule has 0 heterocycles. The highest BCUT2D eigenvalue weighted by molar-refractivity contribution is 5.91. The van der Waals surface area contributed by atoms with Crippen LogP contribution in [0, 0.1) is 23.5 Å². The van der Waals surface area contributed by atoms with Gasteiger partial charge in [0.2, 0.25) is 5.82 Å². The van der Waals surface area contributed by atoms with Gasteiger partial charge in [-0.25, -0.2) is 9.18 Å². The summed E-state index contributed by atoms with van der Waals surface area (Å²) in [5.74, 6) is -1.63. The molecule has 0 radical (unpaired) electrons. The summed E-state index contributed by atoms with van der Waals surface area (Å²) in [7, 11) is 0. The third-order valence-corrected chi connectivity index (χ3v) is 8.22. The first kappa shape index (κ1) is 32.8. The Kier molecular flexibility index (Phi) is 15.0. The fourth-order valence-corrected chi connectivity index (χ4v) is 5.48. The molecule has 3 rings (SSSR count). The third-order valence-electron chi connectivity index (χ3n) is 8.22. The van der Waals surface area contributed by atoms with Crippen molar-refractivity contribution in [3.05, 3.63) is 71.3 Å². The molecule has 0 aromatic heterocycles. The lowest BCUT2D eigenvalue weighted by atomic mass is 9.83. The number of esters is 1. The second kappa shape index (κ2) is 18.7. The van der Waals surface area contributed by atoms with Crippen LogP contribution in [0.2, 0.25) is 0 Å². The van der Waals surface area contributed by atoms with Crippen molar-refractivity contribution < 1.29 is 23.0 Å². The lowest BCUT2D eigenvalue weighted by Crippen LogP contribution is -2.12. The Morgan fingerprint density at radius 2 is 1.46 bits per heavy atom. The fourth-order valence-electron chi connectivity index (χ4n) is 5.48.